The topological polar surface area (TPSA) is 111 Å². The number of hydrogen-bond donors (Lipinski definition) is 3. The van der Waals surface area contributed by atoms with Crippen molar-refractivity contribution in [2.24, 2.45) is 17.5 Å². The summed E-state index contributed by atoms with van der Waals surface area (Å²) < 4.78 is 7.89. The van der Waals surface area contributed by atoms with E-state index in [9.17, 15) is 4.79 Å². The van der Waals surface area contributed by atoms with E-state index in [4.69, 9.17) is 21.3 Å². The number of carbonyl (C=O) groups excluding carboxylic acids is 1. The van der Waals surface area contributed by atoms with Gasteiger partial charge in [-0.15, -0.1) is 0 Å². The second-order valence-corrected chi connectivity index (χ2v) is 10.5. The van der Waals surface area contributed by atoms with Gasteiger partial charge in [-0.3, -0.25) is 9.78 Å². The molecule has 0 radical (unpaired) electrons. The Bertz CT molecular complexity index is 1440. The van der Waals surface area contributed by atoms with Crippen molar-refractivity contribution in [2.75, 3.05) is 20.3 Å². The van der Waals surface area contributed by atoms with Crippen LogP contribution in [0.1, 0.15) is 48.5 Å². The van der Waals surface area contributed by atoms with Gasteiger partial charge in [-0.1, -0.05) is 42.5 Å². The third kappa shape index (κ3) is 6.08. The molecule has 2 aromatic carbocycles. The normalized spacial score (nSPS) is 16.4. The average molecular weight is 527 g/mol. The molecule has 1 saturated heterocycles. The maximum atomic E-state index is 13.1. The van der Waals surface area contributed by atoms with Crippen molar-refractivity contribution in [2.45, 2.75) is 45.2 Å². The van der Waals surface area contributed by atoms with E-state index in [0.717, 1.165) is 78.6 Å². The van der Waals surface area contributed by atoms with Gasteiger partial charge in [0, 0.05) is 55.7 Å². The molecule has 0 atom stereocenters. The van der Waals surface area contributed by atoms with Crippen LogP contribution in [0.25, 0.3) is 27.6 Å². The maximum Gasteiger partial charge on any atom is 0.252 e. The van der Waals surface area contributed by atoms with Crippen LogP contribution >= 0.6 is 0 Å². The van der Waals surface area contributed by atoms with Crippen LogP contribution in [0.3, 0.4) is 0 Å². The lowest BCUT2D eigenvalue weighted by molar-refractivity contribution is 0.0620. The van der Waals surface area contributed by atoms with Crippen LogP contribution < -0.4 is 16.9 Å². The van der Waals surface area contributed by atoms with Crippen LogP contribution in [0.2, 0.25) is 0 Å². The van der Waals surface area contributed by atoms with Crippen molar-refractivity contribution in [3.05, 3.63) is 83.7 Å². The molecule has 1 amide bonds. The van der Waals surface area contributed by atoms with Gasteiger partial charge in [0.1, 0.15) is 0 Å². The van der Waals surface area contributed by atoms with E-state index in [2.05, 4.69) is 22.0 Å². The molecule has 1 saturated carbocycles. The fourth-order valence-corrected chi connectivity index (χ4v) is 5.28. The first-order valence-electron chi connectivity index (χ1n) is 13.7. The molecule has 4 aromatic rings. The highest BCUT2D eigenvalue weighted by molar-refractivity contribution is 6.17. The van der Waals surface area contributed by atoms with Gasteiger partial charge in [-0.2, -0.15) is 0 Å². The van der Waals surface area contributed by atoms with Gasteiger partial charge in [0.25, 0.3) is 5.91 Å². The molecule has 2 fully saturated rings. The van der Waals surface area contributed by atoms with E-state index >= 15 is 0 Å². The summed E-state index contributed by atoms with van der Waals surface area (Å²) in [5.41, 5.74) is 11.9. The molecule has 1 aliphatic carbocycles. The first-order valence-corrected chi connectivity index (χ1v) is 13.7. The van der Waals surface area contributed by atoms with Gasteiger partial charge < -0.3 is 25.4 Å². The number of pyridine rings is 1. The Kier molecular flexibility index (Phi) is 8.14. The second-order valence-electron chi connectivity index (χ2n) is 10.5. The number of nitrogens with zero attached hydrogens (tertiary/aromatic N) is 3. The Morgan fingerprint density at radius 2 is 1.72 bits per heavy atom. The van der Waals surface area contributed by atoms with Crippen molar-refractivity contribution in [1.29, 1.82) is 0 Å². The summed E-state index contributed by atoms with van der Waals surface area (Å²) in [5, 5.41) is 5.57. The summed E-state index contributed by atoms with van der Waals surface area (Å²) in [6.07, 6.45) is 5.94. The highest BCUT2D eigenvalue weighted by Gasteiger charge is 2.27. The molecular weight excluding hydrogens is 488 g/mol. The number of fused-ring (bicyclic) bond motifs is 3. The maximum absolute atomic E-state index is 13.1. The molecule has 3 heterocycles. The lowest BCUT2D eigenvalue weighted by Gasteiger charge is -2.23. The number of nitrogens with one attached hydrogen (secondary N) is 1. The number of allylic oxidation sites excluding steroid dienone is 1. The molecule has 0 spiro atoms. The zero-order chi connectivity index (χ0) is 27.4. The van der Waals surface area contributed by atoms with E-state index in [-0.39, 0.29) is 5.91 Å². The molecule has 6 rings (SSSR count). The Morgan fingerprint density at radius 3 is 2.31 bits per heavy atom. The molecule has 2 aliphatic rings. The molecule has 5 N–H and O–H groups in total. The predicted molar refractivity (Wildman–Crippen MR) is 156 cm³/mol. The largest absolute Gasteiger partial charge is 0.401 e. The van der Waals surface area contributed by atoms with Gasteiger partial charge >= 0.3 is 0 Å². The number of hydrogen-bond acceptors (Lipinski definition) is 6. The standard InChI is InChI=1S/C25H32N6O2.C6H6/c1-15(26)24(30(2)27)17-12-21-23(28-13-17)22-19(25(32)29-18-6-7-18)4-3-5-20(22)31(21)14-16-8-10-33-11-9-16;1-2-4-6-5-3-1/h3-5,12-13,16,18H,6-11,14,26-27H2,1-2H3,(H,29,32);1-6H/b24-15-;. The number of nitrogens with two attached hydrogens (primary N) is 2. The van der Waals surface area contributed by atoms with Crippen molar-refractivity contribution >= 4 is 33.5 Å². The van der Waals surface area contributed by atoms with Crippen LogP contribution in [0.15, 0.2) is 72.6 Å². The summed E-state index contributed by atoms with van der Waals surface area (Å²) in [4.78, 5) is 17.9. The second kappa shape index (κ2) is 11.9. The van der Waals surface area contributed by atoms with Gasteiger partial charge in [-0.25, -0.2) is 5.84 Å². The third-order valence-electron chi connectivity index (χ3n) is 7.33. The van der Waals surface area contributed by atoms with Crippen LogP contribution in [0.4, 0.5) is 0 Å². The van der Waals surface area contributed by atoms with Crippen LogP contribution in [-0.2, 0) is 11.3 Å². The van der Waals surface area contributed by atoms with Crippen LogP contribution in [0.5, 0.6) is 0 Å². The zero-order valence-electron chi connectivity index (χ0n) is 22.8. The zero-order valence-corrected chi connectivity index (χ0v) is 22.8. The predicted octanol–water partition coefficient (Wildman–Crippen LogP) is 4.65. The minimum absolute atomic E-state index is 0.0285. The van der Waals surface area contributed by atoms with Crippen molar-refractivity contribution in [3.8, 4) is 0 Å². The molecule has 2 aromatic heterocycles. The van der Waals surface area contributed by atoms with E-state index < -0.39 is 0 Å². The number of ether oxygens (including phenoxy) is 1. The number of carbonyl (C=O) groups is 1. The van der Waals surface area contributed by atoms with E-state index in [0.29, 0.717) is 23.2 Å². The van der Waals surface area contributed by atoms with E-state index in [1.807, 2.05) is 55.5 Å². The van der Waals surface area contributed by atoms with E-state index in [1.54, 1.807) is 13.2 Å². The summed E-state index contributed by atoms with van der Waals surface area (Å²) in [5.74, 6) is 6.57. The number of amides is 1. The number of aromatic nitrogens is 2. The smallest absolute Gasteiger partial charge is 0.252 e. The number of benzene rings is 2. The molecule has 8 nitrogen and oxygen atoms in total. The van der Waals surface area contributed by atoms with Crippen molar-refractivity contribution in [1.82, 2.24) is 19.9 Å². The van der Waals surface area contributed by atoms with Gasteiger partial charge in [0.2, 0.25) is 0 Å². The fraction of sp³-hybridized carbons (Fsp3) is 0.355. The molecular formula is C31H38N6O2. The van der Waals surface area contributed by atoms with Crippen LogP contribution in [0, 0.1) is 5.92 Å². The van der Waals surface area contributed by atoms with Gasteiger partial charge in [0.05, 0.1) is 27.8 Å². The Labute approximate surface area is 229 Å². The summed E-state index contributed by atoms with van der Waals surface area (Å²) >= 11 is 0. The monoisotopic (exact) mass is 526 g/mol. The SMILES string of the molecule is C/C(N)=C(\c1cnc2c3c(C(=O)NC4CC4)cccc3n(CC3CCOCC3)c2c1)N(C)N.c1ccccc1. The summed E-state index contributed by atoms with van der Waals surface area (Å²) in [6.45, 7) is 4.26. The van der Waals surface area contributed by atoms with E-state index in [1.165, 1.54) is 5.01 Å². The first-order chi connectivity index (χ1) is 18.9. The fourth-order valence-electron chi connectivity index (χ4n) is 5.28. The van der Waals surface area contributed by atoms with Crippen molar-refractivity contribution in [3.63, 3.8) is 0 Å². The first kappa shape index (κ1) is 26.7. The highest BCUT2D eigenvalue weighted by Crippen LogP contribution is 2.34. The lowest BCUT2D eigenvalue weighted by atomic mass is 10.0. The molecule has 0 unspecified atom stereocenters. The Balaban J connectivity index is 0.000000455. The molecule has 1 aliphatic heterocycles. The van der Waals surface area contributed by atoms with Crippen molar-refractivity contribution < 1.29 is 9.53 Å². The Morgan fingerprint density at radius 1 is 1.05 bits per heavy atom. The molecule has 0 bridgehead atoms. The van der Waals surface area contributed by atoms with Crippen LogP contribution in [-0.4, -0.2) is 46.8 Å². The third-order valence-corrected chi connectivity index (χ3v) is 7.33. The average Bonchev–Trinajstić information content (AvgIpc) is 3.71. The summed E-state index contributed by atoms with van der Waals surface area (Å²) in [7, 11) is 1.77. The number of rotatable bonds is 6. The molecule has 204 valence electrons. The quantitative estimate of drug-likeness (QED) is 0.249. The lowest BCUT2D eigenvalue weighted by Crippen LogP contribution is -2.26. The summed E-state index contributed by atoms with van der Waals surface area (Å²) in [6, 6.07) is 20.3. The highest BCUT2D eigenvalue weighted by atomic mass is 16.5. The van der Waals surface area contributed by atoms with Gasteiger partial charge in [0.15, 0.2) is 0 Å². The number of hydrazine groups is 1. The van der Waals surface area contributed by atoms with Gasteiger partial charge in [-0.05, 0) is 56.7 Å². The molecule has 8 heteroatoms. The Hall–Kier alpha value is -3.88. The molecule has 39 heavy (non-hydrogen) atoms. The minimum atomic E-state index is -0.0285. The minimum Gasteiger partial charge on any atom is -0.401 e.